The molecule has 1 aromatic rings. The summed E-state index contributed by atoms with van der Waals surface area (Å²) in [5, 5.41) is 0. The molecule has 0 N–H and O–H groups in total. The second kappa shape index (κ2) is 8.03. The Kier molecular flexibility index (Phi) is 5.92. The number of carbonyl (C=O) groups excluding carboxylic acids is 1. The first kappa shape index (κ1) is 19.9. The highest BCUT2D eigenvalue weighted by Gasteiger charge is 2.34. The fourth-order valence-electron chi connectivity index (χ4n) is 4.19. The molecule has 1 saturated carbocycles. The predicted molar refractivity (Wildman–Crippen MR) is 107 cm³/mol. The van der Waals surface area contributed by atoms with Gasteiger partial charge in [-0.15, -0.1) is 0 Å². The summed E-state index contributed by atoms with van der Waals surface area (Å²) in [7, 11) is 2.14. The van der Waals surface area contributed by atoms with E-state index in [4.69, 9.17) is 4.74 Å². The minimum Gasteiger partial charge on any atom is -0.444 e. The van der Waals surface area contributed by atoms with Gasteiger partial charge in [-0.2, -0.15) is 0 Å². The van der Waals surface area contributed by atoms with E-state index in [1.165, 1.54) is 32.1 Å². The lowest BCUT2D eigenvalue weighted by Gasteiger charge is -2.33. The first-order valence-corrected chi connectivity index (χ1v) is 10.3. The maximum absolute atomic E-state index is 12.6. The number of rotatable bonds is 3. The molecule has 2 heterocycles. The van der Waals surface area contributed by atoms with Gasteiger partial charge in [-0.05, 0) is 53.4 Å². The number of carbonyl (C=O) groups is 1. The van der Waals surface area contributed by atoms with E-state index in [1.54, 1.807) is 0 Å². The van der Waals surface area contributed by atoms with Gasteiger partial charge in [0.25, 0.3) is 0 Å². The molecule has 1 atom stereocenters. The predicted octanol–water partition coefficient (Wildman–Crippen LogP) is 4.63. The standard InChI is InChI=1S/C21H34N4O2/c1-15-22-17(14-19(23-15)24(5)16-10-7-6-8-11-16)18-12-9-13-25(18)20(26)27-21(2,3)4/h14,16,18H,6-13H2,1-5H3. The molecule has 2 fully saturated rings. The highest BCUT2D eigenvalue weighted by molar-refractivity contribution is 5.69. The van der Waals surface area contributed by atoms with E-state index in [0.717, 1.165) is 36.7 Å². The first-order chi connectivity index (χ1) is 12.7. The van der Waals surface area contributed by atoms with Crippen LogP contribution in [0.4, 0.5) is 10.6 Å². The largest absolute Gasteiger partial charge is 0.444 e. The summed E-state index contributed by atoms with van der Waals surface area (Å²) in [4.78, 5) is 26.2. The average molecular weight is 375 g/mol. The number of nitrogens with zero attached hydrogens (tertiary/aromatic N) is 4. The molecule has 0 aromatic carbocycles. The Labute approximate surface area is 163 Å². The molecule has 2 aliphatic rings. The van der Waals surface area contributed by atoms with Gasteiger partial charge in [-0.3, -0.25) is 4.90 Å². The van der Waals surface area contributed by atoms with Crippen molar-refractivity contribution in [1.82, 2.24) is 14.9 Å². The molecule has 1 aromatic heterocycles. The lowest BCUT2D eigenvalue weighted by Crippen LogP contribution is -2.37. The summed E-state index contributed by atoms with van der Waals surface area (Å²) >= 11 is 0. The Hall–Kier alpha value is -1.85. The van der Waals surface area contributed by atoms with Crippen LogP contribution in [-0.2, 0) is 4.74 Å². The average Bonchev–Trinajstić information content (AvgIpc) is 3.10. The third kappa shape index (κ3) is 4.90. The van der Waals surface area contributed by atoms with Crippen LogP contribution in [-0.4, -0.2) is 46.2 Å². The summed E-state index contributed by atoms with van der Waals surface area (Å²) in [6.45, 7) is 8.37. The van der Waals surface area contributed by atoms with Gasteiger partial charge >= 0.3 is 6.09 Å². The van der Waals surface area contributed by atoms with Gasteiger partial charge in [0.15, 0.2) is 0 Å². The fraction of sp³-hybridized carbons (Fsp3) is 0.762. The van der Waals surface area contributed by atoms with E-state index in [0.29, 0.717) is 6.04 Å². The van der Waals surface area contributed by atoms with Gasteiger partial charge < -0.3 is 9.64 Å². The normalized spacial score (nSPS) is 21.4. The summed E-state index contributed by atoms with van der Waals surface area (Å²) in [6, 6.07) is 2.60. The van der Waals surface area contributed by atoms with Crippen molar-refractivity contribution >= 4 is 11.9 Å². The number of anilines is 1. The third-order valence-corrected chi connectivity index (χ3v) is 5.55. The molecule has 1 amide bonds. The monoisotopic (exact) mass is 374 g/mol. The van der Waals surface area contributed by atoms with Crippen molar-refractivity contribution in [2.45, 2.75) is 90.3 Å². The SMILES string of the molecule is Cc1nc(C2CCCN2C(=O)OC(C)(C)C)cc(N(C)C2CCCCC2)n1. The minimum absolute atomic E-state index is 0.0277. The lowest BCUT2D eigenvalue weighted by molar-refractivity contribution is 0.0221. The molecule has 150 valence electrons. The molecule has 27 heavy (non-hydrogen) atoms. The van der Waals surface area contributed by atoms with Gasteiger partial charge in [-0.25, -0.2) is 14.8 Å². The van der Waals surface area contributed by atoms with Gasteiger partial charge in [0, 0.05) is 25.7 Å². The van der Waals surface area contributed by atoms with Crippen LogP contribution in [0.25, 0.3) is 0 Å². The Bertz CT molecular complexity index is 665. The van der Waals surface area contributed by atoms with Crippen LogP contribution in [0, 0.1) is 6.92 Å². The zero-order valence-corrected chi connectivity index (χ0v) is 17.5. The maximum atomic E-state index is 12.6. The molecule has 1 saturated heterocycles. The molecule has 3 rings (SSSR count). The maximum Gasteiger partial charge on any atom is 0.410 e. The lowest BCUT2D eigenvalue weighted by atomic mass is 9.94. The van der Waals surface area contributed by atoms with Crippen molar-refractivity contribution in [2.75, 3.05) is 18.5 Å². The second-order valence-electron chi connectivity index (χ2n) is 8.93. The number of hydrogen-bond donors (Lipinski definition) is 0. The third-order valence-electron chi connectivity index (χ3n) is 5.55. The summed E-state index contributed by atoms with van der Waals surface area (Å²) in [5.41, 5.74) is 0.446. The number of aryl methyl sites for hydroxylation is 1. The Balaban J connectivity index is 1.81. The molecular weight excluding hydrogens is 340 g/mol. The summed E-state index contributed by atoms with van der Waals surface area (Å²) in [6.07, 6.45) is 8.02. The van der Waals surface area contributed by atoms with E-state index in [2.05, 4.69) is 28.0 Å². The smallest absolute Gasteiger partial charge is 0.410 e. The quantitative estimate of drug-likeness (QED) is 0.772. The van der Waals surface area contributed by atoms with E-state index in [-0.39, 0.29) is 12.1 Å². The molecule has 6 heteroatoms. The first-order valence-electron chi connectivity index (χ1n) is 10.3. The van der Waals surface area contributed by atoms with Crippen molar-refractivity contribution in [3.05, 3.63) is 17.6 Å². The van der Waals surface area contributed by atoms with Crippen LogP contribution >= 0.6 is 0 Å². The Morgan fingerprint density at radius 1 is 1.15 bits per heavy atom. The number of amides is 1. The highest BCUT2D eigenvalue weighted by atomic mass is 16.6. The summed E-state index contributed by atoms with van der Waals surface area (Å²) < 4.78 is 5.61. The number of hydrogen-bond acceptors (Lipinski definition) is 5. The van der Waals surface area contributed by atoms with E-state index in [1.807, 2.05) is 32.6 Å². The van der Waals surface area contributed by atoms with Crippen LogP contribution in [0.5, 0.6) is 0 Å². The van der Waals surface area contributed by atoms with Crippen molar-refractivity contribution < 1.29 is 9.53 Å². The fourth-order valence-corrected chi connectivity index (χ4v) is 4.19. The molecule has 1 aliphatic heterocycles. The van der Waals surface area contributed by atoms with Crippen molar-refractivity contribution in [2.24, 2.45) is 0 Å². The highest BCUT2D eigenvalue weighted by Crippen LogP contribution is 2.34. The zero-order chi connectivity index (χ0) is 19.6. The number of aromatic nitrogens is 2. The van der Waals surface area contributed by atoms with Gasteiger partial charge in [0.05, 0.1) is 11.7 Å². The topological polar surface area (TPSA) is 58.6 Å². The molecule has 0 radical (unpaired) electrons. The van der Waals surface area contributed by atoms with E-state index < -0.39 is 5.60 Å². The van der Waals surface area contributed by atoms with Crippen LogP contribution in [0.1, 0.15) is 83.3 Å². The number of ether oxygens (including phenoxy) is 1. The van der Waals surface area contributed by atoms with E-state index >= 15 is 0 Å². The van der Waals surface area contributed by atoms with Gasteiger partial charge in [-0.1, -0.05) is 19.3 Å². The molecule has 0 spiro atoms. The second-order valence-corrected chi connectivity index (χ2v) is 8.93. The van der Waals surface area contributed by atoms with Gasteiger partial charge in [0.1, 0.15) is 17.2 Å². The number of likely N-dealkylation sites (tertiary alicyclic amines) is 1. The molecule has 6 nitrogen and oxygen atoms in total. The summed E-state index contributed by atoms with van der Waals surface area (Å²) in [5.74, 6) is 1.74. The Morgan fingerprint density at radius 2 is 1.85 bits per heavy atom. The van der Waals surface area contributed by atoms with Crippen LogP contribution in [0.2, 0.25) is 0 Å². The van der Waals surface area contributed by atoms with Crippen molar-refractivity contribution in [3.63, 3.8) is 0 Å². The van der Waals surface area contributed by atoms with Crippen LogP contribution in [0.15, 0.2) is 6.07 Å². The zero-order valence-electron chi connectivity index (χ0n) is 17.5. The van der Waals surface area contributed by atoms with E-state index in [9.17, 15) is 4.79 Å². The van der Waals surface area contributed by atoms with Crippen LogP contribution in [0.3, 0.4) is 0 Å². The molecular formula is C21H34N4O2. The van der Waals surface area contributed by atoms with Gasteiger partial charge in [0.2, 0.25) is 0 Å². The molecule has 0 bridgehead atoms. The minimum atomic E-state index is -0.488. The Morgan fingerprint density at radius 3 is 2.52 bits per heavy atom. The molecule has 1 aliphatic carbocycles. The van der Waals surface area contributed by atoms with Crippen LogP contribution < -0.4 is 4.90 Å². The van der Waals surface area contributed by atoms with Crippen molar-refractivity contribution in [3.8, 4) is 0 Å². The van der Waals surface area contributed by atoms with Crippen molar-refractivity contribution in [1.29, 1.82) is 0 Å². The molecule has 1 unspecified atom stereocenters.